The Morgan fingerprint density at radius 1 is 1.20 bits per heavy atom. The van der Waals surface area contributed by atoms with E-state index in [2.05, 4.69) is 31.0 Å². The number of aromatic nitrogens is 1. The summed E-state index contributed by atoms with van der Waals surface area (Å²) < 4.78 is 5.21. The van der Waals surface area contributed by atoms with E-state index in [0.717, 1.165) is 12.0 Å². The second kappa shape index (κ2) is 6.53. The first kappa shape index (κ1) is 14.5. The molecule has 0 saturated carbocycles. The van der Waals surface area contributed by atoms with Crippen LogP contribution in [0.3, 0.4) is 0 Å². The summed E-state index contributed by atoms with van der Waals surface area (Å²) in [5, 5.41) is 10.5. The Bertz CT molecular complexity index is 566. The molecule has 1 aromatic carbocycles. The maximum Gasteiger partial charge on any atom is 0.219 e. The first-order chi connectivity index (χ1) is 9.61. The fourth-order valence-electron chi connectivity index (χ4n) is 2.32. The first-order valence-corrected chi connectivity index (χ1v) is 6.87. The Labute approximate surface area is 120 Å². The summed E-state index contributed by atoms with van der Waals surface area (Å²) in [6.45, 7) is 4.38. The van der Waals surface area contributed by atoms with Crippen LogP contribution in [0.2, 0.25) is 0 Å². The number of pyridine rings is 1. The molecule has 106 valence electrons. The summed E-state index contributed by atoms with van der Waals surface area (Å²) in [7, 11) is 1.56. The molecule has 0 aliphatic rings. The molecule has 0 spiro atoms. The molecule has 1 atom stereocenters. The molecule has 0 aliphatic carbocycles. The molecule has 1 unspecified atom stereocenters. The summed E-state index contributed by atoms with van der Waals surface area (Å²) >= 11 is 0. The van der Waals surface area contributed by atoms with Crippen LogP contribution in [-0.4, -0.2) is 17.2 Å². The fraction of sp³-hybridized carbons (Fsp3) is 0.353. The summed E-state index contributed by atoms with van der Waals surface area (Å²) in [5.41, 5.74) is 2.80. The van der Waals surface area contributed by atoms with Gasteiger partial charge in [-0.15, -0.1) is 0 Å². The zero-order valence-electron chi connectivity index (χ0n) is 12.2. The summed E-state index contributed by atoms with van der Waals surface area (Å²) in [4.78, 5) is 4.13. The van der Waals surface area contributed by atoms with Gasteiger partial charge in [-0.1, -0.05) is 38.1 Å². The van der Waals surface area contributed by atoms with Crippen LogP contribution in [0.15, 0.2) is 42.6 Å². The van der Waals surface area contributed by atoms with E-state index in [1.807, 2.05) is 18.2 Å². The fourth-order valence-corrected chi connectivity index (χ4v) is 2.32. The van der Waals surface area contributed by atoms with Gasteiger partial charge in [-0.05, 0) is 35.6 Å². The van der Waals surface area contributed by atoms with Crippen molar-refractivity contribution < 1.29 is 9.84 Å². The third kappa shape index (κ3) is 3.36. The molecule has 1 N–H and O–H groups in total. The molecule has 1 aromatic heterocycles. The highest BCUT2D eigenvalue weighted by Crippen LogP contribution is 2.28. The Balaban J connectivity index is 2.30. The van der Waals surface area contributed by atoms with Gasteiger partial charge >= 0.3 is 0 Å². The van der Waals surface area contributed by atoms with Crippen molar-refractivity contribution in [2.24, 2.45) is 5.92 Å². The number of benzene rings is 1. The van der Waals surface area contributed by atoms with Gasteiger partial charge in [-0.25, -0.2) is 4.98 Å². The number of aliphatic hydroxyl groups excluding tert-OH is 1. The standard InChI is InChI=1S/C17H21NO2/c1-12(2)10-13-6-4-7-14(11-13)16(19)15-8-5-9-18-17(15)20-3/h4-9,11-12,16,19H,10H2,1-3H3. The van der Waals surface area contributed by atoms with E-state index in [1.54, 1.807) is 19.4 Å². The van der Waals surface area contributed by atoms with E-state index in [-0.39, 0.29) is 0 Å². The van der Waals surface area contributed by atoms with E-state index < -0.39 is 6.10 Å². The highest BCUT2D eigenvalue weighted by atomic mass is 16.5. The Morgan fingerprint density at radius 2 is 2.00 bits per heavy atom. The number of aliphatic hydroxyl groups is 1. The van der Waals surface area contributed by atoms with E-state index in [9.17, 15) is 5.11 Å². The SMILES string of the molecule is COc1ncccc1C(O)c1cccc(CC(C)C)c1. The predicted octanol–water partition coefficient (Wildman–Crippen LogP) is 3.37. The molecule has 0 aliphatic heterocycles. The summed E-state index contributed by atoms with van der Waals surface area (Å²) in [6, 6.07) is 11.7. The van der Waals surface area contributed by atoms with Gasteiger partial charge in [0.1, 0.15) is 6.10 Å². The summed E-state index contributed by atoms with van der Waals surface area (Å²) in [6.07, 6.45) is 1.94. The Hall–Kier alpha value is -1.87. The van der Waals surface area contributed by atoms with Gasteiger partial charge in [-0.2, -0.15) is 0 Å². The van der Waals surface area contributed by atoms with Gasteiger partial charge < -0.3 is 9.84 Å². The van der Waals surface area contributed by atoms with Crippen molar-refractivity contribution in [1.82, 2.24) is 4.98 Å². The number of hydrogen-bond acceptors (Lipinski definition) is 3. The molecule has 3 heteroatoms. The second-order valence-corrected chi connectivity index (χ2v) is 5.35. The lowest BCUT2D eigenvalue weighted by Gasteiger charge is -2.15. The molecule has 2 aromatic rings. The van der Waals surface area contributed by atoms with Gasteiger partial charge in [0.05, 0.1) is 7.11 Å². The van der Waals surface area contributed by atoms with Crippen molar-refractivity contribution in [1.29, 1.82) is 0 Å². The van der Waals surface area contributed by atoms with E-state index >= 15 is 0 Å². The maximum atomic E-state index is 10.5. The van der Waals surface area contributed by atoms with Crippen LogP contribution < -0.4 is 4.74 Å². The molecule has 20 heavy (non-hydrogen) atoms. The van der Waals surface area contributed by atoms with E-state index in [1.165, 1.54) is 5.56 Å². The van der Waals surface area contributed by atoms with Gasteiger partial charge in [0.2, 0.25) is 5.88 Å². The zero-order valence-corrected chi connectivity index (χ0v) is 12.2. The molecule has 0 saturated heterocycles. The number of hydrogen-bond donors (Lipinski definition) is 1. The number of methoxy groups -OCH3 is 1. The average molecular weight is 271 g/mol. The second-order valence-electron chi connectivity index (χ2n) is 5.35. The van der Waals surface area contributed by atoms with Crippen LogP contribution in [-0.2, 0) is 6.42 Å². The first-order valence-electron chi connectivity index (χ1n) is 6.87. The van der Waals surface area contributed by atoms with Gasteiger partial charge in [-0.3, -0.25) is 0 Å². The predicted molar refractivity (Wildman–Crippen MR) is 79.8 cm³/mol. The van der Waals surface area contributed by atoms with Gasteiger partial charge in [0.25, 0.3) is 0 Å². The Morgan fingerprint density at radius 3 is 2.70 bits per heavy atom. The number of rotatable bonds is 5. The molecular weight excluding hydrogens is 250 g/mol. The average Bonchev–Trinajstić information content (AvgIpc) is 2.46. The van der Waals surface area contributed by atoms with Crippen LogP contribution in [0.1, 0.15) is 36.6 Å². The van der Waals surface area contributed by atoms with Crippen molar-refractivity contribution in [3.8, 4) is 5.88 Å². The van der Waals surface area contributed by atoms with Crippen molar-refractivity contribution >= 4 is 0 Å². The largest absolute Gasteiger partial charge is 0.481 e. The molecule has 2 rings (SSSR count). The molecule has 0 bridgehead atoms. The van der Waals surface area contributed by atoms with E-state index in [4.69, 9.17) is 4.74 Å². The van der Waals surface area contributed by atoms with E-state index in [0.29, 0.717) is 17.4 Å². The topological polar surface area (TPSA) is 42.4 Å². The van der Waals surface area contributed by atoms with Crippen molar-refractivity contribution in [2.45, 2.75) is 26.4 Å². The van der Waals surface area contributed by atoms with Crippen LogP contribution in [0.5, 0.6) is 5.88 Å². The molecule has 0 amide bonds. The van der Waals surface area contributed by atoms with Crippen LogP contribution >= 0.6 is 0 Å². The number of ether oxygens (including phenoxy) is 1. The van der Waals surface area contributed by atoms with Crippen molar-refractivity contribution in [2.75, 3.05) is 7.11 Å². The third-order valence-corrected chi connectivity index (χ3v) is 3.20. The maximum absolute atomic E-state index is 10.5. The van der Waals surface area contributed by atoms with Crippen molar-refractivity contribution in [3.05, 3.63) is 59.3 Å². The summed E-state index contributed by atoms with van der Waals surface area (Å²) in [5.74, 6) is 1.06. The van der Waals surface area contributed by atoms with Crippen LogP contribution in [0, 0.1) is 5.92 Å². The lowest BCUT2D eigenvalue weighted by Crippen LogP contribution is -2.04. The lowest BCUT2D eigenvalue weighted by molar-refractivity contribution is 0.213. The van der Waals surface area contributed by atoms with Gasteiger partial charge in [0, 0.05) is 11.8 Å². The number of nitrogens with zero attached hydrogens (tertiary/aromatic N) is 1. The molecule has 0 fully saturated rings. The highest BCUT2D eigenvalue weighted by molar-refractivity contribution is 5.37. The zero-order chi connectivity index (χ0) is 14.5. The van der Waals surface area contributed by atoms with Crippen LogP contribution in [0.25, 0.3) is 0 Å². The molecular formula is C17H21NO2. The minimum atomic E-state index is -0.717. The third-order valence-electron chi connectivity index (χ3n) is 3.20. The molecule has 1 heterocycles. The molecule has 3 nitrogen and oxygen atoms in total. The monoisotopic (exact) mass is 271 g/mol. The van der Waals surface area contributed by atoms with Crippen LogP contribution in [0.4, 0.5) is 0 Å². The van der Waals surface area contributed by atoms with Gasteiger partial charge in [0.15, 0.2) is 0 Å². The molecule has 0 radical (unpaired) electrons. The quantitative estimate of drug-likeness (QED) is 0.906. The minimum absolute atomic E-state index is 0.467. The minimum Gasteiger partial charge on any atom is -0.481 e. The normalized spacial score (nSPS) is 12.4. The lowest BCUT2D eigenvalue weighted by atomic mass is 9.97. The highest BCUT2D eigenvalue weighted by Gasteiger charge is 2.16. The van der Waals surface area contributed by atoms with Crippen molar-refractivity contribution in [3.63, 3.8) is 0 Å². The smallest absolute Gasteiger partial charge is 0.219 e. The Kier molecular flexibility index (Phi) is 4.74.